The van der Waals surface area contributed by atoms with Gasteiger partial charge in [-0.1, -0.05) is 0 Å². The van der Waals surface area contributed by atoms with Crippen molar-refractivity contribution in [3.05, 3.63) is 18.0 Å². The molecule has 0 aliphatic rings. The van der Waals surface area contributed by atoms with Crippen LogP contribution < -0.4 is 0 Å². The van der Waals surface area contributed by atoms with Gasteiger partial charge in [-0.3, -0.25) is 0 Å². The summed E-state index contributed by atoms with van der Waals surface area (Å²) < 4.78 is 0.679. The summed E-state index contributed by atoms with van der Waals surface area (Å²) in [5.74, 6) is 0. The van der Waals surface area contributed by atoms with Crippen LogP contribution in [0.15, 0.2) is 12.4 Å². The lowest BCUT2D eigenvalue weighted by Crippen LogP contribution is -2.07. The lowest BCUT2D eigenvalue weighted by Gasteiger charge is -1.85. The molecule has 0 aliphatic carbocycles. The molecule has 1 aromatic heterocycles. The van der Waals surface area contributed by atoms with Crippen LogP contribution in [0.2, 0.25) is 0 Å². The van der Waals surface area contributed by atoms with E-state index in [1.165, 1.54) is 6.20 Å². The Bertz CT molecular complexity index is 296. The van der Waals surface area contributed by atoms with E-state index in [4.69, 9.17) is 10.4 Å². The molecule has 1 aromatic rings. The number of carbonyl (C=O) groups is 1. The van der Waals surface area contributed by atoms with E-state index in [2.05, 4.69) is 5.10 Å². The van der Waals surface area contributed by atoms with E-state index in [0.717, 1.165) is 6.20 Å². The van der Waals surface area contributed by atoms with E-state index in [-0.39, 0.29) is 5.56 Å². The number of hydrogen-bond acceptors (Lipinski definition) is 3. The Morgan fingerprint density at radius 1 is 1.90 bits per heavy atom. The number of hydrogen-bond donors (Lipinski definition) is 1. The second-order valence-electron chi connectivity index (χ2n) is 1.57. The van der Waals surface area contributed by atoms with Crippen molar-refractivity contribution >= 4 is 6.09 Å². The summed E-state index contributed by atoms with van der Waals surface area (Å²) in [7, 11) is 0. The predicted octanol–water partition coefficient (Wildman–Crippen LogP) is 0.281. The summed E-state index contributed by atoms with van der Waals surface area (Å²) in [6.45, 7) is 0. The minimum Gasteiger partial charge on any atom is -0.463 e. The molecule has 0 aromatic carbocycles. The van der Waals surface area contributed by atoms with Crippen molar-refractivity contribution < 1.29 is 9.90 Å². The van der Waals surface area contributed by atoms with Crippen LogP contribution in [0.1, 0.15) is 5.56 Å². The monoisotopic (exact) mass is 137 g/mol. The van der Waals surface area contributed by atoms with Crippen LogP contribution in [0.25, 0.3) is 0 Å². The molecular formula is C5H3N3O2. The molecule has 0 saturated carbocycles. The summed E-state index contributed by atoms with van der Waals surface area (Å²) >= 11 is 0. The first-order valence-electron chi connectivity index (χ1n) is 2.42. The zero-order chi connectivity index (χ0) is 7.56. The molecule has 5 heteroatoms. The van der Waals surface area contributed by atoms with E-state index < -0.39 is 6.09 Å². The van der Waals surface area contributed by atoms with Crippen molar-refractivity contribution in [2.24, 2.45) is 0 Å². The summed E-state index contributed by atoms with van der Waals surface area (Å²) in [6, 6.07) is 1.76. The van der Waals surface area contributed by atoms with E-state index >= 15 is 0 Å². The quantitative estimate of drug-likeness (QED) is 0.557. The fourth-order valence-corrected chi connectivity index (χ4v) is 0.485. The Labute approximate surface area is 56.1 Å². The minimum atomic E-state index is -1.19. The molecule has 0 radical (unpaired) electrons. The van der Waals surface area contributed by atoms with Crippen molar-refractivity contribution in [3.8, 4) is 6.07 Å². The Morgan fingerprint density at radius 2 is 2.60 bits per heavy atom. The molecule has 0 bridgehead atoms. The third-order valence-electron chi connectivity index (χ3n) is 0.908. The summed E-state index contributed by atoms with van der Waals surface area (Å²) in [5.41, 5.74) is 0.238. The summed E-state index contributed by atoms with van der Waals surface area (Å²) in [5, 5.41) is 19.9. The normalized spacial score (nSPS) is 8.70. The van der Waals surface area contributed by atoms with Gasteiger partial charge >= 0.3 is 6.09 Å². The third kappa shape index (κ3) is 0.951. The van der Waals surface area contributed by atoms with Gasteiger partial charge in [0.15, 0.2) is 0 Å². The first kappa shape index (κ1) is 6.29. The first-order valence-corrected chi connectivity index (χ1v) is 2.42. The van der Waals surface area contributed by atoms with Gasteiger partial charge in [0.2, 0.25) is 0 Å². The molecule has 10 heavy (non-hydrogen) atoms. The lowest BCUT2D eigenvalue weighted by atomic mass is 10.4. The van der Waals surface area contributed by atoms with E-state index in [1.54, 1.807) is 6.07 Å². The van der Waals surface area contributed by atoms with Gasteiger partial charge in [0.1, 0.15) is 6.07 Å². The van der Waals surface area contributed by atoms with Crippen LogP contribution >= 0.6 is 0 Å². The van der Waals surface area contributed by atoms with Gasteiger partial charge in [0, 0.05) is 0 Å². The Hall–Kier alpha value is -1.83. The van der Waals surface area contributed by atoms with Gasteiger partial charge in [-0.15, -0.1) is 0 Å². The molecule has 1 rings (SSSR count). The zero-order valence-corrected chi connectivity index (χ0v) is 4.85. The molecule has 5 nitrogen and oxygen atoms in total. The molecule has 0 saturated heterocycles. The van der Waals surface area contributed by atoms with Crippen molar-refractivity contribution in [2.45, 2.75) is 0 Å². The van der Waals surface area contributed by atoms with Crippen molar-refractivity contribution in [2.75, 3.05) is 0 Å². The molecule has 0 atom stereocenters. The van der Waals surface area contributed by atoms with Crippen molar-refractivity contribution in [1.82, 2.24) is 9.78 Å². The van der Waals surface area contributed by atoms with Crippen molar-refractivity contribution in [3.63, 3.8) is 0 Å². The van der Waals surface area contributed by atoms with Crippen LogP contribution in [-0.2, 0) is 0 Å². The van der Waals surface area contributed by atoms with Gasteiger partial charge in [-0.2, -0.15) is 15.0 Å². The highest BCUT2D eigenvalue weighted by atomic mass is 16.4. The van der Waals surface area contributed by atoms with Gasteiger partial charge in [-0.05, 0) is 0 Å². The van der Waals surface area contributed by atoms with Gasteiger partial charge < -0.3 is 5.11 Å². The number of nitrogens with zero attached hydrogens (tertiary/aromatic N) is 3. The maximum Gasteiger partial charge on any atom is 0.432 e. The topological polar surface area (TPSA) is 78.9 Å². The average molecular weight is 137 g/mol. The largest absolute Gasteiger partial charge is 0.463 e. The average Bonchev–Trinajstić information content (AvgIpc) is 2.34. The number of nitriles is 1. The van der Waals surface area contributed by atoms with Crippen LogP contribution in [0.4, 0.5) is 4.79 Å². The highest BCUT2D eigenvalue weighted by molar-refractivity contribution is 5.66. The second kappa shape index (κ2) is 2.19. The van der Waals surface area contributed by atoms with Crippen LogP contribution in [0.5, 0.6) is 0 Å². The molecule has 0 spiro atoms. The Kier molecular flexibility index (Phi) is 1.38. The van der Waals surface area contributed by atoms with E-state index in [1.807, 2.05) is 0 Å². The maximum absolute atomic E-state index is 10.1. The highest BCUT2D eigenvalue weighted by Crippen LogP contribution is 1.92. The standard InChI is InChI=1S/C5H3N3O2/c6-1-4-2-7-8(3-4)5(9)10/h2-3H,(H,9,10). The minimum absolute atomic E-state index is 0.238. The molecule has 50 valence electrons. The van der Waals surface area contributed by atoms with Gasteiger partial charge in [0.05, 0.1) is 18.0 Å². The lowest BCUT2D eigenvalue weighted by molar-refractivity contribution is 0.192. The first-order chi connectivity index (χ1) is 4.74. The maximum atomic E-state index is 10.1. The fourth-order valence-electron chi connectivity index (χ4n) is 0.485. The molecule has 0 unspecified atom stereocenters. The van der Waals surface area contributed by atoms with Crippen LogP contribution in [-0.4, -0.2) is 21.0 Å². The molecule has 0 fully saturated rings. The fraction of sp³-hybridized carbons (Fsp3) is 0. The molecular weight excluding hydrogens is 134 g/mol. The van der Waals surface area contributed by atoms with Gasteiger partial charge in [-0.25, -0.2) is 4.79 Å². The van der Waals surface area contributed by atoms with E-state index in [9.17, 15) is 4.79 Å². The molecule has 1 N–H and O–H groups in total. The predicted molar refractivity (Wildman–Crippen MR) is 30.4 cm³/mol. The Balaban J connectivity index is 3.02. The molecule has 0 amide bonds. The number of carboxylic acid groups (broad SMARTS) is 1. The van der Waals surface area contributed by atoms with Crippen molar-refractivity contribution in [1.29, 1.82) is 5.26 Å². The summed E-state index contributed by atoms with van der Waals surface area (Å²) in [4.78, 5) is 10.1. The van der Waals surface area contributed by atoms with Gasteiger partial charge in [0.25, 0.3) is 0 Å². The van der Waals surface area contributed by atoms with Crippen LogP contribution in [0.3, 0.4) is 0 Å². The smallest absolute Gasteiger partial charge is 0.432 e. The third-order valence-corrected chi connectivity index (χ3v) is 0.908. The number of rotatable bonds is 0. The summed E-state index contributed by atoms with van der Waals surface area (Å²) in [6.07, 6.45) is 1.14. The van der Waals surface area contributed by atoms with Crippen LogP contribution in [0, 0.1) is 11.3 Å². The molecule has 1 heterocycles. The Morgan fingerprint density at radius 3 is 2.90 bits per heavy atom. The number of aromatic nitrogens is 2. The second-order valence-corrected chi connectivity index (χ2v) is 1.57. The van der Waals surface area contributed by atoms with E-state index in [0.29, 0.717) is 4.68 Å². The highest BCUT2D eigenvalue weighted by Gasteiger charge is 2.01. The SMILES string of the molecule is N#Cc1cnn(C(=O)O)c1. The molecule has 0 aliphatic heterocycles. The zero-order valence-electron chi connectivity index (χ0n) is 4.85.